The van der Waals surface area contributed by atoms with Crippen LogP contribution in [0.3, 0.4) is 0 Å². The molecule has 0 aliphatic heterocycles. The zero-order valence-corrected chi connectivity index (χ0v) is 9.03. The molecule has 1 saturated carbocycles. The molecule has 0 heterocycles. The molecule has 3 unspecified atom stereocenters. The smallest absolute Gasteiger partial charge is 0.305 e. The minimum Gasteiger partial charge on any atom is -0.469 e. The first-order valence-electron chi connectivity index (χ1n) is 5.40. The number of rotatable bonds is 3. The highest BCUT2D eigenvalue weighted by molar-refractivity contribution is 5.69. The Bertz CT molecular complexity index is 191. The topological polar surface area (TPSA) is 46.5 Å². The Kier molecular flexibility index (Phi) is 4.39. The lowest BCUT2D eigenvalue weighted by molar-refractivity contribution is -0.142. The maximum atomic E-state index is 11.1. The van der Waals surface area contributed by atoms with Gasteiger partial charge in [-0.15, -0.1) is 0 Å². The third kappa shape index (κ3) is 2.98. The molecule has 1 fully saturated rings. The van der Waals surface area contributed by atoms with Crippen molar-refractivity contribution in [1.29, 1.82) is 0 Å². The maximum absolute atomic E-state index is 11.1. The monoisotopic (exact) mass is 200 g/mol. The molecule has 3 atom stereocenters. The molecule has 3 heteroatoms. The third-order valence-electron chi connectivity index (χ3n) is 3.23. The third-order valence-corrected chi connectivity index (χ3v) is 3.23. The van der Waals surface area contributed by atoms with Crippen LogP contribution in [-0.4, -0.2) is 24.3 Å². The van der Waals surface area contributed by atoms with Gasteiger partial charge in [0.15, 0.2) is 0 Å². The second-order valence-corrected chi connectivity index (χ2v) is 4.27. The number of methoxy groups -OCH3 is 1. The van der Waals surface area contributed by atoms with E-state index in [2.05, 4.69) is 4.74 Å². The van der Waals surface area contributed by atoms with E-state index in [0.717, 1.165) is 19.3 Å². The van der Waals surface area contributed by atoms with Gasteiger partial charge in [0, 0.05) is 6.42 Å². The Morgan fingerprint density at radius 3 is 2.71 bits per heavy atom. The van der Waals surface area contributed by atoms with Crippen LogP contribution in [0, 0.1) is 11.8 Å². The highest BCUT2D eigenvalue weighted by Crippen LogP contribution is 2.31. The highest BCUT2D eigenvalue weighted by Gasteiger charge is 2.29. The largest absolute Gasteiger partial charge is 0.469 e. The Labute approximate surface area is 85.5 Å². The molecule has 0 aromatic rings. The van der Waals surface area contributed by atoms with Crippen molar-refractivity contribution in [2.45, 2.75) is 45.1 Å². The summed E-state index contributed by atoms with van der Waals surface area (Å²) in [4.78, 5) is 11.1. The van der Waals surface area contributed by atoms with Crippen LogP contribution in [-0.2, 0) is 9.53 Å². The van der Waals surface area contributed by atoms with Crippen molar-refractivity contribution >= 4 is 5.97 Å². The van der Waals surface area contributed by atoms with E-state index >= 15 is 0 Å². The Hall–Kier alpha value is -0.570. The van der Waals surface area contributed by atoms with Crippen LogP contribution in [0.2, 0.25) is 0 Å². The van der Waals surface area contributed by atoms with Gasteiger partial charge in [-0.05, 0) is 24.7 Å². The van der Waals surface area contributed by atoms with Crippen LogP contribution in [0.1, 0.15) is 39.0 Å². The molecule has 1 aliphatic rings. The van der Waals surface area contributed by atoms with E-state index in [0.29, 0.717) is 6.42 Å². The van der Waals surface area contributed by atoms with Crippen LogP contribution in [0.25, 0.3) is 0 Å². The minimum absolute atomic E-state index is 0.171. The van der Waals surface area contributed by atoms with Gasteiger partial charge in [-0.2, -0.15) is 0 Å². The maximum Gasteiger partial charge on any atom is 0.305 e. The molecule has 0 aromatic heterocycles. The number of aliphatic hydroxyl groups is 1. The highest BCUT2D eigenvalue weighted by atomic mass is 16.5. The number of hydrogen-bond donors (Lipinski definition) is 1. The average Bonchev–Trinajstić information content (AvgIpc) is 2.18. The van der Waals surface area contributed by atoms with Gasteiger partial charge in [0.2, 0.25) is 0 Å². The van der Waals surface area contributed by atoms with Crippen LogP contribution in [0.5, 0.6) is 0 Å². The number of carbonyl (C=O) groups excluding carboxylic acids is 1. The normalized spacial score (nSPS) is 29.6. The number of carbonyl (C=O) groups is 1. The Morgan fingerprint density at radius 2 is 2.14 bits per heavy atom. The van der Waals surface area contributed by atoms with E-state index in [1.165, 1.54) is 13.5 Å². The van der Waals surface area contributed by atoms with Crippen molar-refractivity contribution in [3.63, 3.8) is 0 Å². The van der Waals surface area contributed by atoms with E-state index in [-0.39, 0.29) is 23.9 Å². The van der Waals surface area contributed by atoms with Crippen molar-refractivity contribution < 1.29 is 14.6 Å². The fourth-order valence-corrected chi connectivity index (χ4v) is 2.30. The molecular formula is C11H20O3. The SMILES string of the molecule is COC(=O)CC(C)C1CCCCC1O. The number of esters is 1. The molecule has 3 nitrogen and oxygen atoms in total. The van der Waals surface area contributed by atoms with Gasteiger partial charge in [-0.1, -0.05) is 19.8 Å². The van der Waals surface area contributed by atoms with E-state index in [4.69, 9.17) is 0 Å². The van der Waals surface area contributed by atoms with E-state index in [1.807, 2.05) is 6.92 Å². The van der Waals surface area contributed by atoms with Crippen molar-refractivity contribution in [1.82, 2.24) is 0 Å². The predicted molar refractivity (Wildman–Crippen MR) is 53.8 cm³/mol. The minimum atomic E-state index is -0.219. The summed E-state index contributed by atoms with van der Waals surface area (Å²) in [6.45, 7) is 2.02. The number of ether oxygens (including phenoxy) is 1. The summed E-state index contributed by atoms with van der Waals surface area (Å²) in [5.74, 6) is 0.343. The summed E-state index contributed by atoms with van der Waals surface area (Å²) in [6.07, 6.45) is 4.42. The molecule has 82 valence electrons. The van der Waals surface area contributed by atoms with Gasteiger partial charge in [-0.25, -0.2) is 0 Å². The number of hydrogen-bond acceptors (Lipinski definition) is 3. The summed E-state index contributed by atoms with van der Waals surface area (Å²) >= 11 is 0. The first kappa shape index (κ1) is 11.5. The Balaban J connectivity index is 2.41. The van der Waals surface area contributed by atoms with Gasteiger partial charge in [0.1, 0.15) is 0 Å². The zero-order valence-electron chi connectivity index (χ0n) is 9.03. The van der Waals surface area contributed by atoms with E-state index in [9.17, 15) is 9.90 Å². The first-order valence-corrected chi connectivity index (χ1v) is 5.40. The second kappa shape index (κ2) is 5.35. The van der Waals surface area contributed by atoms with Crippen LogP contribution in [0.15, 0.2) is 0 Å². The predicted octanol–water partition coefficient (Wildman–Crippen LogP) is 1.74. The molecule has 1 N–H and O–H groups in total. The molecule has 1 rings (SSSR count). The summed E-state index contributed by atoms with van der Waals surface area (Å²) in [7, 11) is 1.41. The van der Waals surface area contributed by atoms with Gasteiger partial charge in [0.25, 0.3) is 0 Å². The molecule has 0 saturated heterocycles. The summed E-state index contributed by atoms with van der Waals surface area (Å²) in [6, 6.07) is 0. The standard InChI is InChI=1S/C11H20O3/c1-8(7-11(13)14-2)9-5-3-4-6-10(9)12/h8-10,12H,3-7H2,1-2H3. The summed E-state index contributed by atoms with van der Waals surface area (Å²) in [5.41, 5.74) is 0. The summed E-state index contributed by atoms with van der Waals surface area (Å²) in [5, 5.41) is 9.77. The van der Waals surface area contributed by atoms with Crippen LogP contribution < -0.4 is 0 Å². The lowest BCUT2D eigenvalue weighted by atomic mass is 9.77. The van der Waals surface area contributed by atoms with Gasteiger partial charge in [0.05, 0.1) is 13.2 Å². The van der Waals surface area contributed by atoms with Gasteiger partial charge in [-0.3, -0.25) is 4.79 Å². The lowest BCUT2D eigenvalue weighted by Gasteiger charge is -2.31. The molecule has 0 bridgehead atoms. The van der Waals surface area contributed by atoms with Crippen molar-refractivity contribution in [2.75, 3.05) is 7.11 Å². The van der Waals surface area contributed by atoms with Crippen molar-refractivity contribution in [3.05, 3.63) is 0 Å². The van der Waals surface area contributed by atoms with Gasteiger partial charge < -0.3 is 9.84 Å². The number of aliphatic hydroxyl groups excluding tert-OH is 1. The van der Waals surface area contributed by atoms with E-state index < -0.39 is 0 Å². The average molecular weight is 200 g/mol. The fourth-order valence-electron chi connectivity index (χ4n) is 2.30. The molecule has 0 spiro atoms. The molecular weight excluding hydrogens is 180 g/mol. The molecule has 0 aromatic carbocycles. The molecule has 14 heavy (non-hydrogen) atoms. The molecule has 1 aliphatic carbocycles. The van der Waals surface area contributed by atoms with Crippen LogP contribution >= 0.6 is 0 Å². The van der Waals surface area contributed by atoms with Gasteiger partial charge >= 0.3 is 5.97 Å². The summed E-state index contributed by atoms with van der Waals surface area (Å²) < 4.78 is 4.63. The van der Waals surface area contributed by atoms with Crippen molar-refractivity contribution in [2.24, 2.45) is 11.8 Å². The first-order chi connectivity index (χ1) is 6.65. The second-order valence-electron chi connectivity index (χ2n) is 4.27. The lowest BCUT2D eigenvalue weighted by Crippen LogP contribution is -2.31. The van der Waals surface area contributed by atoms with Crippen molar-refractivity contribution in [3.8, 4) is 0 Å². The molecule has 0 radical (unpaired) electrons. The fraction of sp³-hybridized carbons (Fsp3) is 0.909. The quantitative estimate of drug-likeness (QED) is 0.706. The van der Waals surface area contributed by atoms with Crippen LogP contribution in [0.4, 0.5) is 0 Å². The zero-order chi connectivity index (χ0) is 10.6. The molecule has 0 amide bonds. The Morgan fingerprint density at radius 1 is 1.50 bits per heavy atom. The van der Waals surface area contributed by atoms with E-state index in [1.54, 1.807) is 0 Å².